The van der Waals surface area contributed by atoms with Crippen LogP contribution in [0.4, 0.5) is 0 Å². The third kappa shape index (κ3) is 4.30. The minimum atomic E-state index is -0.705. The standard InChI is InChI=1S/C17H23N3O/c1-3-20(11-14-7-5-4-6-8-14)12-16(21)19-17(2,13-18)15-9-10-15/h4-8,15H,3,9-12H2,1-2H3,(H,19,21)/t17-/m0/s1. The van der Waals surface area contributed by atoms with E-state index in [9.17, 15) is 10.1 Å². The molecule has 0 heterocycles. The largest absolute Gasteiger partial charge is 0.337 e. The second kappa shape index (κ2) is 6.73. The molecule has 0 aliphatic heterocycles. The fourth-order valence-corrected chi connectivity index (χ4v) is 2.54. The molecule has 1 N–H and O–H groups in total. The van der Waals surface area contributed by atoms with E-state index in [4.69, 9.17) is 0 Å². The lowest BCUT2D eigenvalue weighted by Crippen LogP contribution is -2.50. The van der Waals surface area contributed by atoms with Crippen molar-refractivity contribution in [3.05, 3.63) is 35.9 Å². The lowest BCUT2D eigenvalue weighted by molar-refractivity contribution is -0.123. The van der Waals surface area contributed by atoms with E-state index in [2.05, 4.69) is 28.4 Å². The van der Waals surface area contributed by atoms with Crippen LogP contribution < -0.4 is 5.32 Å². The molecule has 0 radical (unpaired) electrons. The Labute approximate surface area is 126 Å². The van der Waals surface area contributed by atoms with E-state index in [-0.39, 0.29) is 5.91 Å². The first kappa shape index (κ1) is 15.5. The third-order valence-electron chi connectivity index (χ3n) is 4.09. The van der Waals surface area contributed by atoms with Crippen molar-refractivity contribution in [2.75, 3.05) is 13.1 Å². The number of nitrogens with zero attached hydrogens (tertiary/aromatic N) is 2. The topological polar surface area (TPSA) is 56.1 Å². The molecule has 1 aromatic rings. The SMILES string of the molecule is CCN(CC(=O)N[C@@](C)(C#N)C1CC1)Cc1ccccc1. The average molecular weight is 285 g/mol. The minimum absolute atomic E-state index is 0.0660. The number of hydrogen-bond donors (Lipinski definition) is 1. The highest BCUT2D eigenvalue weighted by Crippen LogP contribution is 2.39. The number of benzene rings is 1. The lowest BCUT2D eigenvalue weighted by atomic mass is 9.98. The van der Waals surface area contributed by atoms with Crippen molar-refractivity contribution in [2.24, 2.45) is 5.92 Å². The molecule has 0 saturated heterocycles. The van der Waals surface area contributed by atoms with Crippen molar-refractivity contribution in [3.8, 4) is 6.07 Å². The molecule has 0 unspecified atom stereocenters. The molecule has 0 bridgehead atoms. The van der Waals surface area contributed by atoms with Crippen LogP contribution in [-0.4, -0.2) is 29.4 Å². The summed E-state index contributed by atoms with van der Waals surface area (Å²) < 4.78 is 0. The first-order chi connectivity index (χ1) is 10.1. The van der Waals surface area contributed by atoms with Gasteiger partial charge in [-0.1, -0.05) is 37.3 Å². The molecule has 1 saturated carbocycles. The maximum atomic E-state index is 12.2. The second-order valence-corrected chi connectivity index (χ2v) is 5.93. The van der Waals surface area contributed by atoms with Crippen LogP contribution >= 0.6 is 0 Å². The smallest absolute Gasteiger partial charge is 0.235 e. The van der Waals surface area contributed by atoms with Crippen LogP contribution in [-0.2, 0) is 11.3 Å². The lowest BCUT2D eigenvalue weighted by Gasteiger charge is -2.26. The molecular weight excluding hydrogens is 262 g/mol. The van der Waals surface area contributed by atoms with Crippen molar-refractivity contribution < 1.29 is 4.79 Å². The van der Waals surface area contributed by atoms with E-state index >= 15 is 0 Å². The summed E-state index contributed by atoms with van der Waals surface area (Å²) in [5, 5.41) is 12.2. The summed E-state index contributed by atoms with van der Waals surface area (Å²) in [5.74, 6) is 0.249. The number of amides is 1. The fraction of sp³-hybridized carbons (Fsp3) is 0.529. The summed E-state index contributed by atoms with van der Waals surface area (Å²) in [6, 6.07) is 12.4. The van der Waals surface area contributed by atoms with E-state index in [1.807, 2.05) is 32.0 Å². The molecule has 0 spiro atoms. The van der Waals surface area contributed by atoms with Crippen LogP contribution in [0.1, 0.15) is 32.3 Å². The molecule has 1 aliphatic rings. The Morgan fingerprint density at radius 2 is 2.10 bits per heavy atom. The van der Waals surface area contributed by atoms with Crippen LogP contribution in [0.3, 0.4) is 0 Å². The molecular formula is C17H23N3O. The van der Waals surface area contributed by atoms with Crippen molar-refractivity contribution in [1.29, 1.82) is 5.26 Å². The Morgan fingerprint density at radius 1 is 1.43 bits per heavy atom. The number of rotatable bonds is 7. The van der Waals surface area contributed by atoms with Gasteiger partial charge in [-0.2, -0.15) is 5.26 Å². The molecule has 1 aromatic carbocycles. The van der Waals surface area contributed by atoms with Crippen LogP contribution in [0.5, 0.6) is 0 Å². The predicted octanol–water partition coefficient (Wildman–Crippen LogP) is 2.32. The van der Waals surface area contributed by atoms with E-state index in [1.165, 1.54) is 5.56 Å². The van der Waals surface area contributed by atoms with Gasteiger partial charge in [0.2, 0.25) is 5.91 Å². The van der Waals surface area contributed by atoms with E-state index in [0.717, 1.165) is 25.9 Å². The maximum absolute atomic E-state index is 12.2. The quantitative estimate of drug-likeness (QED) is 0.836. The summed E-state index contributed by atoms with van der Waals surface area (Å²) in [5.41, 5.74) is 0.487. The summed E-state index contributed by atoms with van der Waals surface area (Å²) in [6.07, 6.45) is 2.07. The first-order valence-electron chi connectivity index (χ1n) is 7.56. The van der Waals surface area contributed by atoms with E-state index < -0.39 is 5.54 Å². The van der Waals surface area contributed by atoms with Crippen LogP contribution in [0.25, 0.3) is 0 Å². The molecule has 0 aromatic heterocycles. The van der Waals surface area contributed by atoms with Gasteiger partial charge in [-0.3, -0.25) is 9.69 Å². The molecule has 4 nitrogen and oxygen atoms in total. The van der Waals surface area contributed by atoms with Gasteiger partial charge in [0.25, 0.3) is 0 Å². The zero-order valence-electron chi connectivity index (χ0n) is 12.8. The van der Waals surface area contributed by atoms with E-state index in [1.54, 1.807) is 0 Å². The van der Waals surface area contributed by atoms with Crippen molar-refractivity contribution in [1.82, 2.24) is 10.2 Å². The summed E-state index contributed by atoms with van der Waals surface area (Å²) in [4.78, 5) is 14.3. The van der Waals surface area contributed by atoms with Gasteiger partial charge < -0.3 is 5.32 Å². The number of nitriles is 1. The molecule has 4 heteroatoms. The van der Waals surface area contributed by atoms with Gasteiger partial charge in [-0.15, -0.1) is 0 Å². The molecule has 2 rings (SSSR count). The third-order valence-corrected chi connectivity index (χ3v) is 4.09. The van der Waals surface area contributed by atoms with E-state index in [0.29, 0.717) is 12.5 Å². The highest BCUT2D eigenvalue weighted by atomic mass is 16.2. The molecule has 1 atom stereocenters. The Balaban J connectivity index is 1.89. The number of hydrogen-bond acceptors (Lipinski definition) is 3. The minimum Gasteiger partial charge on any atom is -0.337 e. The van der Waals surface area contributed by atoms with Gasteiger partial charge in [0.05, 0.1) is 12.6 Å². The Bertz CT molecular complexity index is 519. The highest BCUT2D eigenvalue weighted by Gasteiger charge is 2.43. The molecule has 112 valence electrons. The summed E-state index contributed by atoms with van der Waals surface area (Å²) in [6.45, 7) is 5.75. The first-order valence-corrected chi connectivity index (χ1v) is 7.56. The zero-order valence-corrected chi connectivity index (χ0v) is 12.8. The number of carbonyl (C=O) groups is 1. The van der Waals surface area contributed by atoms with Crippen molar-refractivity contribution in [2.45, 2.75) is 38.8 Å². The number of nitrogens with one attached hydrogen (secondary N) is 1. The monoisotopic (exact) mass is 285 g/mol. The highest BCUT2D eigenvalue weighted by molar-refractivity contribution is 5.79. The van der Waals surface area contributed by atoms with Gasteiger partial charge in [-0.05, 0) is 37.8 Å². The Morgan fingerprint density at radius 3 is 2.62 bits per heavy atom. The van der Waals surface area contributed by atoms with Gasteiger partial charge in [0.15, 0.2) is 0 Å². The molecule has 1 fully saturated rings. The van der Waals surface area contributed by atoms with Gasteiger partial charge in [0, 0.05) is 6.54 Å². The molecule has 21 heavy (non-hydrogen) atoms. The normalized spacial score (nSPS) is 17.0. The van der Waals surface area contributed by atoms with Gasteiger partial charge >= 0.3 is 0 Å². The number of likely N-dealkylation sites (N-methyl/N-ethyl adjacent to an activating group) is 1. The van der Waals surface area contributed by atoms with Crippen molar-refractivity contribution >= 4 is 5.91 Å². The second-order valence-electron chi connectivity index (χ2n) is 5.93. The van der Waals surface area contributed by atoms with Crippen molar-refractivity contribution in [3.63, 3.8) is 0 Å². The van der Waals surface area contributed by atoms with Crippen LogP contribution in [0, 0.1) is 17.2 Å². The van der Waals surface area contributed by atoms with Gasteiger partial charge in [-0.25, -0.2) is 0 Å². The predicted molar refractivity (Wildman–Crippen MR) is 82.3 cm³/mol. The fourth-order valence-electron chi connectivity index (χ4n) is 2.54. The summed E-state index contributed by atoms with van der Waals surface area (Å²) in [7, 11) is 0. The number of carbonyl (C=O) groups excluding carboxylic acids is 1. The average Bonchev–Trinajstić information content (AvgIpc) is 3.32. The maximum Gasteiger partial charge on any atom is 0.235 e. The Hall–Kier alpha value is -1.86. The Kier molecular flexibility index (Phi) is 4.98. The molecule has 1 aliphatic carbocycles. The van der Waals surface area contributed by atoms with Crippen LogP contribution in [0.15, 0.2) is 30.3 Å². The zero-order chi connectivity index (χ0) is 15.3. The summed E-state index contributed by atoms with van der Waals surface area (Å²) >= 11 is 0. The van der Waals surface area contributed by atoms with Gasteiger partial charge in [0.1, 0.15) is 5.54 Å². The van der Waals surface area contributed by atoms with Crippen LogP contribution in [0.2, 0.25) is 0 Å². The molecule has 1 amide bonds.